The molecule has 0 fully saturated rings. The van der Waals surface area contributed by atoms with Gasteiger partial charge in [0.1, 0.15) is 0 Å². The number of hydrogen-bond donors (Lipinski definition) is 1. The maximum Gasteiger partial charge on any atom is 0.418 e. The molecule has 0 saturated heterocycles. The molecule has 1 aromatic carbocycles. The molecule has 1 N–H and O–H groups in total. The van der Waals surface area contributed by atoms with E-state index in [0.29, 0.717) is 0 Å². The Morgan fingerprint density at radius 3 is 2.27 bits per heavy atom. The second-order valence-electron chi connectivity index (χ2n) is 5.01. The summed E-state index contributed by atoms with van der Waals surface area (Å²) >= 11 is 0. The van der Waals surface area contributed by atoms with Crippen molar-refractivity contribution >= 4 is 17.6 Å². The number of carbonyl (C=O) groups is 2. The Bertz CT molecular complexity index is 610. The number of nitrogens with one attached hydrogen (secondary N) is 1. The first-order valence-corrected chi connectivity index (χ1v) is 6.63. The number of anilines is 1. The lowest BCUT2D eigenvalue weighted by molar-refractivity contribution is -0.313. The first-order valence-electron chi connectivity index (χ1n) is 6.63. The van der Waals surface area contributed by atoms with Crippen LogP contribution in [0.25, 0.3) is 0 Å². The molecule has 2 atom stereocenters. The van der Waals surface area contributed by atoms with Gasteiger partial charge in [-0.3, -0.25) is 4.79 Å². The van der Waals surface area contributed by atoms with Crippen molar-refractivity contribution in [3.8, 4) is 0 Å². The van der Waals surface area contributed by atoms with Gasteiger partial charge in [0, 0.05) is 11.9 Å². The van der Waals surface area contributed by atoms with E-state index in [1.54, 1.807) is 12.2 Å². The quantitative estimate of drug-likeness (QED) is 0.868. The molecule has 0 radical (unpaired) electrons. The van der Waals surface area contributed by atoms with Crippen LogP contribution in [0.5, 0.6) is 0 Å². The number of aliphatic carboxylic acids is 1. The Hall–Kier alpha value is -2.31. The normalized spacial score (nSPS) is 21.4. The van der Waals surface area contributed by atoms with Gasteiger partial charge in [-0.15, -0.1) is 0 Å². The van der Waals surface area contributed by atoms with Crippen LogP contribution >= 0.6 is 0 Å². The lowest BCUT2D eigenvalue weighted by Gasteiger charge is -2.28. The number of alkyl halides is 3. The fourth-order valence-electron chi connectivity index (χ4n) is 2.43. The zero-order chi connectivity index (χ0) is 16.3. The van der Waals surface area contributed by atoms with E-state index in [-0.39, 0.29) is 18.5 Å². The van der Waals surface area contributed by atoms with Crippen LogP contribution in [0.1, 0.15) is 18.4 Å². The van der Waals surface area contributed by atoms with Crippen LogP contribution in [0.15, 0.2) is 36.4 Å². The summed E-state index contributed by atoms with van der Waals surface area (Å²) < 4.78 is 38.6. The molecule has 1 aliphatic carbocycles. The van der Waals surface area contributed by atoms with E-state index in [0.717, 1.165) is 12.1 Å². The van der Waals surface area contributed by atoms with Crippen molar-refractivity contribution in [3.63, 3.8) is 0 Å². The number of halogens is 3. The Kier molecular flexibility index (Phi) is 4.54. The van der Waals surface area contributed by atoms with Crippen LogP contribution in [0.3, 0.4) is 0 Å². The third-order valence-corrected chi connectivity index (χ3v) is 3.56. The van der Waals surface area contributed by atoms with Crippen LogP contribution in [0.4, 0.5) is 18.9 Å². The molecule has 1 amide bonds. The van der Waals surface area contributed by atoms with E-state index in [2.05, 4.69) is 5.32 Å². The largest absolute Gasteiger partial charge is 0.550 e. The van der Waals surface area contributed by atoms with Gasteiger partial charge < -0.3 is 15.2 Å². The van der Waals surface area contributed by atoms with Gasteiger partial charge in [-0.05, 0) is 25.0 Å². The molecule has 0 bridgehead atoms. The minimum absolute atomic E-state index is 0.126. The molecule has 2 rings (SSSR count). The Labute approximate surface area is 124 Å². The molecular formula is C15H13F3NO3-. The third kappa shape index (κ3) is 3.47. The second kappa shape index (κ2) is 6.21. The minimum Gasteiger partial charge on any atom is -0.550 e. The lowest BCUT2D eigenvalue weighted by atomic mass is 9.82. The van der Waals surface area contributed by atoms with Crippen molar-refractivity contribution < 1.29 is 27.9 Å². The highest BCUT2D eigenvalue weighted by molar-refractivity contribution is 5.95. The number of para-hydroxylation sites is 1. The summed E-state index contributed by atoms with van der Waals surface area (Å²) in [4.78, 5) is 23.2. The average molecular weight is 312 g/mol. The maximum absolute atomic E-state index is 12.9. The predicted octanol–water partition coefficient (Wildman–Crippen LogP) is 1.98. The van der Waals surface area contributed by atoms with Crippen LogP contribution in [0, 0.1) is 11.8 Å². The van der Waals surface area contributed by atoms with E-state index in [1.807, 2.05) is 0 Å². The zero-order valence-electron chi connectivity index (χ0n) is 11.4. The van der Waals surface area contributed by atoms with Gasteiger partial charge in [-0.2, -0.15) is 13.2 Å². The molecule has 2 unspecified atom stereocenters. The highest BCUT2D eigenvalue weighted by Crippen LogP contribution is 2.35. The van der Waals surface area contributed by atoms with Gasteiger partial charge in [0.05, 0.1) is 17.2 Å². The van der Waals surface area contributed by atoms with Gasteiger partial charge in [-0.1, -0.05) is 24.3 Å². The first kappa shape index (κ1) is 16.1. The molecule has 7 heteroatoms. The number of benzene rings is 1. The molecule has 1 aliphatic rings. The van der Waals surface area contributed by atoms with E-state index in [9.17, 15) is 27.9 Å². The minimum atomic E-state index is -4.61. The van der Waals surface area contributed by atoms with Crippen LogP contribution in [-0.2, 0) is 15.8 Å². The number of carboxylic acids is 1. The van der Waals surface area contributed by atoms with Gasteiger partial charge >= 0.3 is 6.18 Å². The zero-order valence-corrected chi connectivity index (χ0v) is 11.4. The summed E-state index contributed by atoms with van der Waals surface area (Å²) in [5, 5.41) is 13.2. The van der Waals surface area contributed by atoms with Crippen molar-refractivity contribution in [2.75, 3.05) is 5.32 Å². The SMILES string of the molecule is O=C([O-])C1CC=CCC1C(=O)Nc1ccccc1C(F)(F)F. The van der Waals surface area contributed by atoms with Gasteiger partial charge in [0.15, 0.2) is 0 Å². The van der Waals surface area contributed by atoms with E-state index < -0.39 is 35.5 Å². The summed E-state index contributed by atoms with van der Waals surface area (Å²) in [7, 11) is 0. The van der Waals surface area contributed by atoms with Gasteiger partial charge in [-0.25, -0.2) is 0 Å². The van der Waals surface area contributed by atoms with Crippen LogP contribution in [0.2, 0.25) is 0 Å². The van der Waals surface area contributed by atoms with E-state index in [4.69, 9.17) is 0 Å². The molecular weight excluding hydrogens is 299 g/mol. The highest BCUT2D eigenvalue weighted by atomic mass is 19.4. The second-order valence-corrected chi connectivity index (χ2v) is 5.01. The molecule has 0 spiro atoms. The van der Waals surface area contributed by atoms with Crippen molar-refractivity contribution in [1.29, 1.82) is 0 Å². The molecule has 4 nitrogen and oxygen atoms in total. The fourth-order valence-corrected chi connectivity index (χ4v) is 2.43. The molecule has 0 aromatic heterocycles. The number of amides is 1. The summed E-state index contributed by atoms with van der Waals surface area (Å²) in [6.07, 6.45) is -1.07. The first-order chi connectivity index (χ1) is 10.3. The number of carbonyl (C=O) groups excluding carboxylic acids is 2. The van der Waals surface area contributed by atoms with Crippen molar-refractivity contribution in [3.05, 3.63) is 42.0 Å². The summed E-state index contributed by atoms with van der Waals surface area (Å²) in [5.41, 5.74) is -1.36. The molecule has 0 aliphatic heterocycles. The topological polar surface area (TPSA) is 69.2 Å². The molecule has 0 saturated carbocycles. The Morgan fingerprint density at radius 1 is 1.09 bits per heavy atom. The van der Waals surface area contributed by atoms with Crippen LogP contribution in [-0.4, -0.2) is 11.9 Å². The average Bonchev–Trinajstić information content (AvgIpc) is 2.46. The molecule has 0 heterocycles. The fraction of sp³-hybridized carbons (Fsp3) is 0.333. The van der Waals surface area contributed by atoms with E-state index >= 15 is 0 Å². The van der Waals surface area contributed by atoms with Crippen molar-refractivity contribution in [1.82, 2.24) is 0 Å². The lowest BCUT2D eigenvalue weighted by Crippen LogP contribution is -2.41. The summed E-state index contributed by atoms with van der Waals surface area (Å²) in [6, 6.07) is 4.56. The molecule has 1 aromatic rings. The standard InChI is InChI=1S/C15H14F3NO3/c16-15(17,18)11-7-3-4-8-12(11)19-13(20)9-5-1-2-6-10(9)14(21)22/h1-4,7-10H,5-6H2,(H,19,20)(H,21,22)/p-1. The van der Waals surface area contributed by atoms with Crippen molar-refractivity contribution in [2.45, 2.75) is 19.0 Å². The number of hydrogen-bond acceptors (Lipinski definition) is 3. The predicted molar refractivity (Wildman–Crippen MR) is 70.4 cm³/mol. The molecule has 22 heavy (non-hydrogen) atoms. The smallest absolute Gasteiger partial charge is 0.418 e. The molecule has 118 valence electrons. The summed E-state index contributed by atoms with van der Waals surface area (Å²) in [6.45, 7) is 0. The number of allylic oxidation sites excluding steroid dienone is 2. The number of rotatable bonds is 3. The van der Waals surface area contributed by atoms with Crippen LogP contribution < -0.4 is 10.4 Å². The maximum atomic E-state index is 12.9. The third-order valence-electron chi connectivity index (χ3n) is 3.56. The van der Waals surface area contributed by atoms with E-state index in [1.165, 1.54) is 12.1 Å². The highest BCUT2D eigenvalue weighted by Gasteiger charge is 2.35. The number of carboxylic acid groups (broad SMARTS) is 1. The Balaban J connectivity index is 2.22. The van der Waals surface area contributed by atoms with Gasteiger partial charge in [0.2, 0.25) is 5.91 Å². The Morgan fingerprint density at radius 2 is 1.68 bits per heavy atom. The van der Waals surface area contributed by atoms with Crippen molar-refractivity contribution in [2.24, 2.45) is 11.8 Å². The monoisotopic (exact) mass is 312 g/mol. The van der Waals surface area contributed by atoms with Gasteiger partial charge in [0.25, 0.3) is 0 Å². The summed E-state index contributed by atoms with van der Waals surface area (Å²) in [5.74, 6) is -4.12.